The van der Waals surface area contributed by atoms with E-state index in [0.29, 0.717) is 30.1 Å². The maximum absolute atomic E-state index is 12.0. The molecule has 0 heterocycles. The molecule has 1 rings (SSSR count). The number of carbonyl (C=O) groups excluding carboxylic acids is 1. The molecule has 1 amide bonds. The van der Waals surface area contributed by atoms with E-state index < -0.39 is 0 Å². The fraction of sp³-hybridized carbons (Fsp3) is 0.333. The van der Waals surface area contributed by atoms with Crippen molar-refractivity contribution >= 4 is 17.5 Å². The molecule has 84 valence electrons. The average molecular weight is 237 g/mol. The number of nitriles is 1. The minimum absolute atomic E-state index is 0.122. The van der Waals surface area contributed by atoms with Gasteiger partial charge in [-0.1, -0.05) is 23.7 Å². The van der Waals surface area contributed by atoms with E-state index in [-0.39, 0.29) is 5.91 Å². The number of carbonyl (C=O) groups is 1. The zero-order valence-electron chi connectivity index (χ0n) is 9.11. The van der Waals surface area contributed by atoms with Crippen molar-refractivity contribution in [3.05, 3.63) is 34.9 Å². The summed E-state index contributed by atoms with van der Waals surface area (Å²) < 4.78 is 0. The van der Waals surface area contributed by atoms with Crippen molar-refractivity contribution in [2.24, 2.45) is 0 Å². The van der Waals surface area contributed by atoms with E-state index in [2.05, 4.69) is 0 Å². The molecule has 3 nitrogen and oxygen atoms in total. The van der Waals surface area contributed by atoms with Gasteiger partial charge in [-0.2, -0.15) is 5.26 Å². The third-order valence-corrected chi connectivity index (χ3v) is 2.60. The van der Waals surface area contributed by atoms with E-state index in [1.54, 1.807) is 29.2 Å². The van der Waals surface area contributed by atoms with Crippen molar-refractivity contribution in [3.8, 4) is 6.07 Å². The molecule has 0 aliphatic heterocycles. The topological polar surface area (TPSA) is 44.1 Å². The van der Waals surface area contributed by atoms with Gasteiger partial charge in [-0.05, 0) is 19.1 Å². The normalized spacial score (nSPS) is 9.56. The maximum atomic E-state index is 12.0. The highest BCUT2D eigenvalue weighted by molar-refractivity contribution is 6.33. The summed E-state index contributed by atoms with van der Waals surface area (Å²) in [7, 11) is 0. The molecule has 1 aromatic rings. The van der Waals surface area contributed by atoms with E-state index >= 15 is 0 Å². The van der Waals surface area contributed by atoms with Crippen molar-refractivity contribution in [1.82, 2.24) is 4.90 Å². The summed E-state index contributed by atoms with van der Waals surface area (Å²) >= 11 is 5.94. The summed E-state index contributed by atoms with van der Waals surface area (Å²) in [6.45, 7) is 2.90. The fourth-order valence-corrected chi connectivity index (χ4v) is 1.61. The molecule has 0 fully saturated rings. The van der Waals surface area contributed by atoms with Crippen LogP contribution in [0, 0.1) is 11.3 Å². The summed E-state index contributed by atoms with van der Waals surface area (Å²) in [5.74, 6) is -0.122. The van der Waals surface area contributed by atoms with Crippen LogP contribution in [-0.2, 0) is 0 Å². The maximum Gasteiger partial charge on any atom is 0.255 e. The van der Waals surface area contributed by atoms with Crippen molar-refractivity contribution in [2.75, 3.05) is 13.1 Å². The molecule has 0 aromatic heterocycles. The Kier molecular flexibility index (Phi) is 4.81. The lowest BCUT2D eigenvalue weighted by Gasteiger charge is -2.19. The summed E-state index contributed by atoms with van der Waals surface area (Å²) in [5.41, 5.74) is 0.490. The minimum atomic E-state index is -0.122. The van der Waals surface area contributed by atoms with Crippen LogP contribution < -0.4 is 0 Å². The summed E-state index contributed by atoms with van der Waals surface area (Å²) in [5, 5.41) is 8.95. The number of hydrogen-bond donors (Lipinski definition) is 0. The molecule has 0 aliphatic carbocycles. The van der Waals surface area contributed by atoms with Crippen LogP contribution in [0.1, 0.15) is 23.7 Å². The molecule has 1 aromatic carbocycles. The number of nitrogens with zero attached hydrogens (tertiary/aromatic N) is 2. The van der Waals surface area contributed by atoms with Gasteiger partial charge in [0.1, 0.15) is 0 Å². The molecule has 0 spiro atoms. The number of amides is 1. The van der Waals surface area contributed by atoms with Crippen LogP contribution in [0.25, 0.3) is 0 Å². The van der Waals surface area contributed by atoms with Gasteiger partial charge in [0.2, 0.25) is 0 Å². The van der Waals surface area contributed by atoms with Crippen LogP contribution >= 0.6 is 11.6 Å². The Morgan fingerprint density at radius 3 is 2.75 bits per heavy atom. The molecular formula is C12H13ClN2O. The quantitative estimate of drug-likeness (QED) is 0.807. The minimum Gasteiger partial charge on any atom is -0.338 e. The Bertz CT molecular complexity index is 412. The Balaban J connectivity index is 2.84. The predicted molar refractivity (Wildman–Crippen MR) is 63.3 cm³/mol. The second-order valence-electron chi connectivity index (χ2n) is 3.27. The van der Waals surface area contributed by atoms with Gasteiger partial charge in [0.05, 0.1) is 23.1 Å². The molecule has 0 aliphatic rings. The standard InChI is InChI=1S/C12H13ClN2O/c1-2-15(9-5-8-14)12(16)10-6-3-4-7-11(10)13/h3-4,6-7H,2,5,9H2,1H3. The summed E-state index contributed by atoms with van der Waals surface area (Å²) in [4.78, 5) is 13.7. The summed E-state index contributed by atoms with van der Waals surface area (Å²) in [6.07, 6.45) is 0.337. The fourth-order valence-electron chi connectivity index (χ4n) is 1.39. The SMILES string of the molecule is CCN(CCC#N)C(=O)c1ccccc1Cl. The first-order valence-electron chi connectivity index (χ1n) is 5.11. The molecular weight excluding hydrogens is 224 g/mol. The van der Waals surface area contributed by atoms with E-state index in [9.17, 15) is 4.79 Å². The van der Waals surface area contributed by atoms with Gasteiger partial charge in [-0.25, -0.2) is 0 Å². The van der Waals surface area contributed by atoms with Crippen molar-refractivity contribution in [2.45, 2.75) is 13.3 Å². The van der Waals surface area contributed by atoms with Crippen molar-refractivity contribution in [1.29, 1.82) is 5.26 Å². The van der Waals surface area contributed by atoms with E-state index in [1.807, 2.05) is 13.0 Å². The molecule has 0 N–H and O–H groups in total. The number of halogens is 1. The molecule has 0 atom stereocenters. The van der Waals surface area contributed by atoms with Gasteiger partial charge in [-0.15, -0.1) is 0 Å². The predicted octanol–water partition coefficient (Wildman–Crippen LogP) is 2.72. The number of benzene rings is 1. The second-order valence-corrected chi connectivity index (χ2v) is 3.68. The highest BCUT2D eigenvalue weighted by Gasteiger charge is 2.15. The van der Waals surface area contributed by atoms with Crippen LogP contribution in [0.15, 0.2) is 24.3 Å². The third kappa shape index (κ3) is 2.98. The Labute approximate surface area is 100 Å². The summed E-state index contributed by atoms with van der Waals surface area (Å²) in [6, 6.07) is 8.97. The highest BCUT2D eigenvalue weighted by atomic mass is 35.5. The van der Waals surface area contributed by atoms with Gasteiger partial charge in [-0.3, -0.25) is 4.79 Å². The van der Waals surface area contributed by atoms with Gasteiger partial charge in [0.25, 0.3) is 5.91 Å². The molecule has 0 saturated carbocycles. The Hall–Kier alpha value is -1.53. The molecule has 0 bridgehead atoms. The smallest absolute Gasteiger partial charge is 0.255 e. The van der Waals surface area contributed by atoms with Gasteiger partial charge < -0.3 is 4.90 Å². The Morgan fingerprint density at radius 1 is 1.50 bits per heavy atom. The molecule has 0 unspecified atom stereocenters. The first kappa shape index (κ1) is 12.5. The van der Waals surface area contributed by atoms with Gasteiger partial charge >= 0.3 is 0 Å². The Morgan fingerprint density at radius 2 is 2.19 bits per heavy atom. The number of rotatable bonds is 4. The second kappa shape index (κ2) is 6.14. The zero-order chi connectivity index (χ0) is 12.0. The van der Waals surface area contributed by atoms with Gasteiger partial charge in [0, 0.05) is 13.1 Å². The first-order valence-corrected chi connectivity index (χ1v) is 5.49. The average Bonchev–Trinajstić information content (AvgIpc) is 2.30. The first-order chi connectivity index (χ1) is 7.70. The highest BCUT2D eigenvalue weighted by Crippen LogP contribution is 2.17. The van der Waals surface area contributed by atoms with E-state index in [0.717, 1.165) is 0 Å². The zero-order valence-corrected chi connectivity index (χ0v) is 9.87. The van der Waals surface area contributed by atoms with Crippen molar-refractivity contribution in [3.63, 3.8) is 0 Å². The van der Waals surface area contributed by atoms with Crippen molar-refractivity contribution < 1.29 is 4.79 Å². The van der Waals surface area contributed by atoms with Crippen LogP contribution in [0.4, 0.5) is 0 Å². The molecule has 0 radical (unpaired) electrons. The van der Waals surface area contributed by atoms with E-state index in [4.69, 9.17) is 16.9 Å². The lowest BCUT2D eigenvalue weighted by Crippen LogP contribution is -2.31. The van der Waals surface area contributed by atoms with Crippen LogP contribution in [-0.4, -0.2) is 23.9 Å². The molecule has 4 heteroatoms. The lowest BCUT2D eigenvalue weighted by molar-refractivity contribution is 0.0768. The third-order valence-electron chi connectivity index (χ3n) is 2.27. The molecule has 16 heavy (non-hydrogen) atoms. The largest absolute Gasteiger partial charge is 0.338 e. The monoisotopic (exact) mass is 236 g/mol. The van der Waals surface area contributed by atoms with Gasteiger partial charge in [0.15, 0.2) is 0 Å². The lowest BCUT2D eigenvalue weighted by atomic mass is 10.2. The van der Waals surface area contributed by atoms with Crippen LogP contribution in [0.5, 0.6) is 0 Å². The molecule has 0 saturated heterocycles. The van der Waals surface area contributed by atoms with Crippen LogP contribution in [0.2, 0.25) is 5.02 Å². The number of hydrogen-bond acceptors (Lipinski definition) is 2. The van der Waals surface area contributed by atoms with Crippen LogP contribution in [0.3, 0.4) is 0 Å². The van der Waals surface area contributed by atoms with E-state index in [1.165, 1.54) is 0 Å².